The van der Waals surface area contributed by atoms with Crippen LogP contribution in [0.2, 0.25) is 0 Å². The molecule has 0 aliphatic carbocycles. The molecule has 0 saturated carbocycles. The average molecular weight is 443 g/mol. The minimum Gasteiger partial charge on any atom is -0.493 e. The number of aliphatic carboxylic acids is 1. The highest BCUT2D eigenvalue weighted by Crippen LogP contribution is 2.26. The largest absolute Gasteiger partial charge is 0.493 e. The Morgan fingerprint density at radius 2 is 1.79 bits per heavy atom. The molecule has 0 amide bonds. The highest BCUT2D eigenvalue weighted by molar-refractivity contribution is 5.67. The summed E-state index contributed by atoms with van der Waals surface area (Å²) < 4.78 is 11.8. The Labute approximate surface area is 192 Å². The Hall–Kier alpha value is -3.93. The summed E-state index contributed by atoms with van der Waals surface area (Å²) in [5.41, 5.74) is 6.00. The van der Waals surface area contributed by atoms with Crippen molar-refractivity contribution >= 4 is 5.97 Å². The van der Waals surface area contributed by atoms with E-state index in [2.05, 4.69) is 9.97 Å². The van der Waals surface area contributed by atoms with Gasteiger partial charge < -0.3 is 14.3 Å². The van der Waals surface area contributed by atoms with Crippen molar-refractivity contribution in [1.82, 2.24) is 9.97 Å². The molecule has 6 heteroatoms. The van der Waals surface area contributed by atoms with Gasteiger partial charge in [0.2, 0.25) is 5.89 Å². The number of aryl methyl sites for hydroxylation is 3. The summed E-state index contributed by atoms with van der Waals surface area (Å²) in [7, 11) is 0. The third-order valence-corrected chi connectivity index (χ3v) is 5.55. The summed E-state index contributed by atoms with van der Waals surface area (Å²) in [4.78, 5) is 19.6. The molecule has 4 aromatic rings. The average Bonchev–Trinajstić information content (AvgIpc) is 3.19. The number of benzene rings is 2. The summed E-state index contributed by atoms with van der Waals surface area (Å²) in [5.74, 6) is 1.35. The van der Waals surface area contributed by atoms with Gasteiger partial charge in [-0.05, 0) is 72.9 Å². The van der Waals surface area contributed by atoms with Crippen LogP contribution >= 0.6 is 0 Å². The van der Waals surface area contributed by atoms with Crippen LogP contribution < -0.4 is 4.74 Å². The van der Waals surface area contributed by atoms with Crippen molar-refractivity contribution in [3.8, 4) is 28.3 Å². The van der Waals surface area contributed by atoms with E-state index in [-0.39, 0.29) is 6.42 Å². The van der Waals surface area contributed by atoms with Crippen LogP contribution in [0.5, 0.6) is 5.75 Å². The number of pyridine rings is 1. The van der Waals surface area contributed by atoms with E-state index in [0.29, 0.717) is 25.3 Å². The van der Waals surface area contributed by atoms with Gasteiger partial charge in [0.25, 0.3) is 0 Å². The van der Waals surface area contributed by atoms with Crippen LogP contribution in [-0.2, 0) is 17.6 Å². The molecular formula is C27H26N2O4. The van der Waals surface area contributed by atoms with Crippen LogP contribution in [0.15, 0.2) is 71.4 Å². The Morgan fingerprint density at radius 3 is 2.48 bits per heavy atom. The summed E-state index contributed by atoms with van der Waals surface area (Å²) >= 11 is 0. The Morgan fingerprint density at radius 1 is 1.00 bits per heavy atom. The molecule has 0 spiro atoms. The molecule has 33 heavy (non-hydrogen) atoms. The minimum absolute atomic E-state index is 0.126. The van der Waals surface area contributed by atoms with Crippen molar-refractivity contribution in [3.63, 3.8) is 0 Å². The molecule has 0 bridgehead atoms. The van der Waals surface area contributed by atoms with E-state index in [9.17, 15) is 4.79 Å². The van der Waals surface area contributed by atoms with Crippen molar-refractivity contribution in [2.24, 2.45) is 0 Å². The Balaban J connectivity index is 1.36. The standard InChI is InChI=1S/C27H26N2O4/c1-18-16-24(11-9-20(18)10-12-26(30)31)32-15-13-25-19(2)33-27(29-25)22-7-5-21(6-8-22)23-4-3-14-28-17-23/h3-9,11,14,16-17H,10,12-13,15H2,1-2H3,(H,30,31). The van der Waals surface area contributed by atoms with E-state index in [1.54, 1.807) is 6.20 Å². The van der Waals surface area contributed by atoms with Gasteiger partial charge in [-0.25, -0.2) is 4.98 Å². The maximum atomic E-state index is 10.8. The fraction of sp³-hybridized carbons (Fsp3) is 0.222. The smallest absolute Gasteiger partial charge is 0.303 e. The first kappa shape index (κ1) is 22.3. The van der Waals surface area contributed by atoms with Crippen LogP contribution in [0.1, 0.15) is 29.0 Å². The molecule has 6 nitrogen and oxygen atoms in total. The molecule has 168 valence electrons. The molecule has 2 aromatic carbocycles. The van der Waals surface area contributed by atoms with Crippen molar-refractivity contribution in [1.29, 1.82) is 0 Å². The summed E-state index contributed by atoms with van der Waals surface area (Å²) in [5, 5.41) is 8.86. The van der Waals surface area contributed by atoms with Crippen molar-refractivity contribution in [3.05, 3.63) is 89.6 Å². The highest BCUT2D eigenvalue weighted by Gasteiger charge is 2.12. The van der Waals surface area contributed by atoms with E-state index in [1.807, 2.05) is 74.6 Å². The van der Waals surface area contributed by atoms with Gasteiger partial charge in [-0.1, -0.05) is 24.3 Å². The molecule has 0 unspecified atom stereocenters. The number of nitrogens with zero attached hydrogens (tertiary/aromatic N) is 2. The van der Waals surface area contributed by atoms with Crippen LogP contribution in [0, 0.1) is 13.8 Å². The molecule has 0 aliphatic heterocycles. The number of carboxylic acids is 1. The first-order valence-corrected chi connectivity index (χ1v) is 10.9. The van der Waals surface area contributed by atoms with Gasteiger partial charge >= 0.3 is 5.97 Å². The normalized spacial score (nSPS) is 10.8. The lowest BCUT2D eigenvalue weighted by Gasteiger charge is -2.09. The first-order valence-electron chi connectivity index (χ1n) is 10.9. The lowest BCUT2D eigenvalue weighted by molar-refractivity contribution is -0.136. The number of carbonyl (C=O) groups is 1. The number of oxazole rings is 1. The molecule has 0 aliphatic rings. The molecule has 2 aromatic heterocycles. The van der Waals surface area contributed by atoms with Crippen LogP contribution in [0.25, 0.3) is 22.6 Å². The monoisotopic (exact) mass is 442 g/mol. The summed E-state index contributed by atoms with van der Waals surface area (Å²) in [6, 6.07) is 17.8. The molecule has 0 saturated heterocycles. The molecule has 1 N–H and O–H groups in total. The molecular weight excluding hydrogens is 416 g/mol. The third-order valence-electron chi connectivity index (χ3n) is 5.55. The number of ether oxygens (including phenoxy) is 1. The van der Waals surface area contributed by atoms with Crippen LogP contribution in [0.4, 0.5) is 0 Å². The van der Waals surface area contributed by atoms with Crippen LogP contribution in [0.3, 0.4) is 0 Å². The fourth-order valence-corrected chi connectivity index (χ4v) is 3.67. The number of aromatic nitrogens is 2. The third kappa shape index (κ3) is 5.66. The number of hydrogen-bond acceptors (Lipinski definition) is 5. The summed E-state index contributed by atoms with van der Waals surface area (Å²) in [6.45, 7) is 4.36. The Kier molecular flexibility index (Phi) is 6.83. The van der Waals surface area contributed by atoms with E-state index in [0.717, 1.165) is 45.0 Å². The zero-order chi connectivity index (χ0) is 23.2. The van der Waals surface area contributed by atoms with Gasteiger partial charge in [-0.15, -0.1) is 0 Å². The minimum atomic E-state index is -0.790. The molecule has 0 radical (unpaired) electrons. The van der Waals surface area contributed by atoms with E-state index >= 15 is 0 Å². The molecule has 0 atom stereocenters. The fourth-order valence-electron chi connectivity index (χ4n) is 3.67. The maximum absolute atomic E-state index is 10.8. The zero-order valence-corrected chi connectivity index (χ0v) is 18.7. The van der Waals surface area contributed by atoms with Gasteiger partial charge in [0.15, 0.2) is 0 Å². The second-order valence-corrected chi connectivity index (χ2v) is 7.92. The van der Waals surface area contributed by atoms with Gasteiger partial charge in [0, 0.05) is 30.8 Å². The molecule has 2 heterocycles. The van der Waals surface area contributed by atoms with Gasteiger partial charge in [0.1, 0.15) is 11.5 Å². The zero-order valence-electron chi connectivity index (χ0n) is 18.7. The summed E-state index contributed by atoms with van der Waals surface area (Å²) in [6.07, 6.45) is 4.88. The maximum Gasteiger partial charge on any atom is 0.303 e. The van der Waals surface area contributed by atoms with Gasteiger partial charge in [0.05, 0.1) is 12.3 Å². The van der Waals surface area contributed by atoms with Crippen molar-refractivity contribution in [2.45, 2.75) is 33.1 Å². The number of rotatable bonds is 9. The first-order chi connectivity index (χ1) is 16.0. The lowest BCUT2D eigenvalue weighted by Crippen LogP contribution is -2.04. The van der Waals surface area contributed by atoms with Gasteiger partial charge in [-0.2, -0.15) is 0 Å². The second-order valence-electron chi connectivity index (χ2n) is 7.92. The predicted molar refractivity (Wildman–Crippen MR) is 126 cm³/mol. The highest BCUT2D eigenvalue weighted by atomic mass is 16.5. The quantitative estimate of drug-likeness (QED) is 0.360. The van der Waals surface area contributed by atoms with Crippen LogP contribution in [-0.4, -0.2) is 27.7 Å². The topological polar surface area (TPSA) is 85.5 Å². The van der Waals surface area contributed by atoms with E-state index < -0.39 is 5.97 Å². The van der Waals surface area contributed by atoms with Gasteiger partial charge in [-0.3, -0.25) is 9.78 Å². The number of carboxylic acid groups (broad SMARTS) is 1. The molecule has 4 rings (SSSR count). The number of hydrogen-bond donors (Lipinski definition) is 1. The Bertz CT molecular complexity index is 1230. The van der Waals surface area contributed by atoms with Crippen molar-refractivity contribution in [2.75, 3.05) is 6.61 Å². The van der Waals surface area contributed by atoms with Crippen molar-refractivity contribution < 1.29 is 19.1 Å². The predicted octanol–water partition coefficient (Wildman–Crippen LogP) is 5.66. The van der Waals surface area contributed by atoms with E-state index in [4.69, 9.17) is 14.3 Å². The van der Waals surface area contributed by atoms with E-state index in [1.165, 1.54) is 0 Å². The lowest BCUT2D eigenvalue weighted by atomic mass is 10.0. The SMILES string of the molecule is Cc1cc(OCCc2nc(-c3ccc(-c4cccnc4)cc3)oc2C)ccc1CCC(=O)O. The molecule has 0 fully saturated rings. The second kappa shape index (κ2) is 10.1.